The highest BCUT2D eigenvalue weighted by molar-refractivity contribution is 8.00. The quantitative estimate of drug-likeness (QED) is 0.856. The van der Waals surface area contributed by atoms with E-state index in [-0.39, 0.29) is 4.75 Å². The Kier molecular flexibility index (Phi) is 3.84. The van der Waals surface area contributed by atoms with Gasteiger partial charge in [-0.15, -0.1) is 11.8 Å². The zero-order valence-electron chi connectivity index (χ0n) is 11.3. The largest absolute Gasteiger partial charge is 0.309 e. The van der Waals surface area contributed by atoms with Crippen LogP contribution in [0.1, 0.15) is 56.5 Å². The summed E-state index contributed by atoms with van der Waals surface area (Å²) >= 11 is 2.08. The number of hydrogen-bond acceptors (Lipinski definition) is 2. The zero-order valence-corrected chi connectivity index (χ0v) is 12.1. The van der Waals surface area contributed by atoms with Crippen molar-refractivity contribution in [3.63, 3.8) is 0 Å². The molecule has 2 unspecified atom stereocenters. The third-order valence-corrected chi connectivity index (χ3v) is 4.97. The van der Waals surface area contributed by atoms with E-state index in [1.165, 1.54) is 17.5 Å². The van der Waals surface area contributed by atoms with Crippen LogP contribution in [0.4, 0.5) is 0 Å². The van der Waals surface area contributed by atoms with E-state index in [4.69, 9.17) is 0 Å². The Labute approximate surface area is 109 Å². The summed E-state index contributed by atoms with van der Waals surface area (Å²) in [6.45, 7) is 10.4. The molecular formula is C15H23NS. The van der Waals surface area contributed by atoms with Gasteiger partial charge in [-0.1, -0.05) is 31.2 Å². The van der Waals surface area contributed by atoms with Crippen molar-refractivity contribution < 1.29 is 0 Å². The number of thioether (sulfide) groups is 1. The molecule has 17 heavy (non-hydrogen) atoms. The van der Waals surface area contributed by atoms with Crippen LogP contribution in [0.3, 0.4) is 0 Å². The SMILES string of the molecule is CCCNC1c2ccccc2C(C)SC1(C)C. The highest BCUT2D eigenvalue weighted by atomic mass is 32.2. The maximum absolute atomic E-state index is 3.72. The lowest BCUT2D eigenvalue weighted by molar-refractivity contribution is 0.436. The van der Waals surface area contributed by atoms with Crippen LogP contribution in [0.5, 0.6) is 0 Å². The van der Waals surface area contributed by atoms with Crippen LogP contribution in [-0.4, -0.2) is 11.3 Å². The summed E-state index contributed by atoms with van der Waals surface area (Å²) in [5, 5.41) is 4.32. The van der Waals surface area contributed by atoms with Crippen molar-refractivity contribution in [2.45, 2.75) is 50.2 Å². The van der Waals surface area contributed by atoms with Gasteiger partial charge in [0.05, 0.1) is 0 Å². The molecule has 1 aliphatic rings. The molecule has 1 aliphatic heterocycles. The second-order valence-electron chi connectivity index (χ2n) is 5.38. The van der Waals surface area contributed by atoms with Crippen LogP contribution >= 0.6 is 11.8 Å². The molecule has 2 rings (SSSR count). The first-order valence-electron chi connectivity index (χ1n) is 6.56. The van der Waals surface area contributed by atoms with E-state index in [0.717, 1.165) is 6.54 Å². The van der Waals surface area contributed by atoms with Gasteiger partial charge in [0.1, 0.15) is 0 Å². The Morgan fingerprint density at radius 3 is 2.53 bits per heavy atom. The first-order valence-corrected chi connectivity index (χ1v) is 7.44. The molecule has 0 saturated carbocycles. The molecule has 1 aromatic carbocycles. The fraction of sp³-hybridized carbons (Fsp3) is 0.600. The summed E-state index contributed by atoms with van der Waals surface area (Å²) in [5.41, 5.74) is 3.00. The molecule has 1 heterocycles. The third-order valence-electron chi connectivity index (χ3n) is 3.52. The van der Waals surface area contributed by atoms with Gasteiger partial charge in [0.15, 0.2) is 0 Å². The van der Waals surface area contributed by atoms with Gasteiger partial charge >= 0.3 is 0 Å². The molecule has 1 N–H and O–H groups in total. The minimum atomic E-state index is 0.267. The minimum Gasteiger partial charge on any atom is -0.309 e. The molecule has 2 atom stereocenters. The molecule has 0 saturated heterocycles. The average Bonchev–Trinajstić information content (AvgIpc) is 2.28. The summed E-state index contributed by atoms with van der Waals surface area (Å²) in [6.07, 6.45) is 1.19. The van der Waals surface area contributed by atoms with E-state index in [2.05, 4.69) is 69.0 Å². The van der Waals surface area contributed by atoms with Crippen molar-refractivity contribution >= 4 is 11.8 Å². The molecule has 1 nitrogen and oxygen atoms in total. The maximum Gasteiger partial charge on any atom is 0.0467 e. The summed E-state index contributed by atoms with van der Waals surface area (Å²) in [4.78, 5) is 0. The second kappa shape index (κ2) is 5.03. The molecule has 0 aliphatic carbocycles. The summed E-state index contributed by atoms with van der Waals surface area (Å²) in [7, 11) is 0. The van der Waals surface area contributed by atoms with Crippen LogP contribution < -0.4 is 5.32 Å². The first-order chi connectivity index (χ1) is 8.06. The first kappa shape index (κ1) is 13.0. The van der Waals surface area contributed by atoms with Gasteiger partial charge in [-0.2, -0.15) is 0 Å². The van der Waals surface area contributed by atoms with Gasteiger partial charge in [0.2, 0.25) is 0 Å². The Morgan fingerprint density at radius 2 is 1.88 bits per heavy atom. The zero-order chi connectivity index (χ0) is 12.5. The number of hydrogen-bond donors (Lipinski definition) is 1. The monoisotopic (exact) mass is 249 g/mol. The summed E-state index contributed by atoms with van der Waals surface area (Å²) in [5.74, 6) is 0. The van der Waals surface area contributed by atoms with Gasteiger partial charge in [-0.3, -0.25) is 0 Å². The standard InChI is InChI=1S/C15H23NS/c1-5-10-16-14-13-9-7-6-8-12(13)11(2)17-15(14,3)4/h6-9,11,14,16H,5,10H2,1-4H3. The average molecular weight is 249 g/mol. The minimum absolute atomic E-state index is 0.267. The van der Waals surface area contributed by atoms with Gasteiger partial charge in [-0.25, -0.2) is 0 Å². The third kappa shape index (κ3) is 2.53. The van der Waals surface area contributed by atoms with E-state index >= 15 is 0 Å². The molecule has 0 spiro atoms. The van der Waals surface area contributed by atoms with Crippen LogP contribution in [0.2, 0.25) is 0 Å². The van der Waals surface area contributed by atoms with E-state index in [0.29, 0.717) is 11.3 Å². The molecule has 2 heteroatoms. The van der Waals surface area contributed by atoms with Crippen LogP contribution in [0, 0.1) is 0 Å². The predicted octanol–water partition coefficient (Wildman–Crippen LogP) is 4.31. The molecular weight excluding hydrogens is 226 g/mol. The second-order valence-corrected chi connectivity index (χ2v) is 7.37. The lowest BCUT2D eigenvalue weighted by Gasteiger charge is -2.43. The number of fused-ring (bicyclic) bond motifs is 1. The lowest BCUT2D eigenvalue weighted by Crippen LogP contribution is -2.40. The predicted molar refractivity (Wildman–Crippen MR) is 77.6 cm³/mol. The number of nitrogens with one attached hydrogen (secondary N) is 1. The Morgan fingerprint density at radius 1 is 1.24 bits per heavy atom. The number of rotatable bonds is 3. The molecule has 1 aromatic rings. The van der Waals surface area contributed by atoms with Crippen molar-refractivity contribution in [1.29, 1.82) is 0 Å². The van der Waals surface area contributed by atoms with E-state index in [1.54, 1.807) is 0 Å². The van der Waals surface area contributed by atoms with Crippen molar-refractivity contribution in [2.24, 2.45) is 0 Å². The van der Waals surface area contributed by atoms with Crippen molar-refractivity contribution in [3.05, 3.63) is 35.4 Å². The topological polar surface area (TPSA) is 12.0 Å². The van der Waals surface area contributed by atoms with Crippen LogP contribution in [0.15, 0.2) is 24.3 Å². The van der Waals surface area contributed by atoms with Crippen molar-refractivity contribution in [1.82, 2.24) is 5.32 Å². The Bertz CT molecular complexity index is 386. The van der Waals surface area contributed by atoms with Crippen LogP contribution in [-0.2, 0) is 0 Å². The molecule has 94 valence electrons. The van der Waals surface area contributed by atoms with Crippen LogP contribution in [0.25, 0.3) is 0 Å². The van der Waals surface area contributed by atoms with E-state index < -0.39 is 0 Å². The van der Waals surface area contributed by atoms with Crippen molar-refractivity contribution in [2.75, 3.05) is 6.54 Å². The highest BCUT2D eigenvalue weighted by Gasteiger charge is 2.38. The number of benzene rings is 1. The van der Waals surface area contributed by atoms with Gasteiger partial charge < -0.3 is 5.32 Å². The summed E-state index contributed by atoms with van der Waals surface area (Å²) < 4.78 is 0.267. The maximum atomic E-state index is 3.72. The lowest BCUT2D eigenvalue weighted by atomic mass is 9.89. The summed E-state index contributed by atoms with van der Waals surface area (Å²) in [6, 6.07) is 9.37. The van der Waals surface area contributed by atoms with Crippen molar-refractivity contribution in [3.8, 4) is 0 Å². The van der Waals surface area contributed by atoms with Gasteiger partial charge in [-0.05, 0) is 44.9 Å². The molecule has 0 amide bonds. The molecule has 0 bridgehead atoms. The van der Waals surface area contributed by atoms with E-state index in [1.807, 2.05) is 0 Å². The highest BCUT2D eigenvalue weighted by Crippen LogP contribution is 2.51. The fourth-order valence-corrected chi connectivity index (χ4v) is 4.35. The Hall–Kier alpha value is -0.470. The fourth-order valence-electron chi connectivity index (χ4n) is 2.75. The molecule has 0 radical (unpaired) electrons. The molecule has 0 aromatic heterocycles. The van der Waals surface area contributed by atoms with E-state index in [9.17, 15) is 0 Å². The normalized spacial score (nSPS) is 26.6. The van der Waals surface area contributed by atoms with Gasteiger partial charge in [0, 0.05) is 16.0 Å². The van der Waals surface area contributed by atoms with Gasteiger partial charge in [0.25, 0.3) is 0 Å². The molecule has 0 fully saturated rings. The Balaban J connectivity index is 2.37. The smallest absolute Gasteiger partial charge is 0.0467 e.